The molecule has 3 heteroatoms. The lowest BCUT2D eigenvalue weighted by atomic mass is 9.97. The zero-order chi connectivity index (χ0) is 17.9. The molecule has 0 saturated heterocycles. The van der Waals surface area contributed by atoms with Crippen LogP contribution in [0.15, 0.2) is 78.9 Å². The van der Waals surface area contributed by atoms with Gasteiger partial charge >= 0.3 is 0 Å². The van der Waals surface area contributed by atoms with Crippen molar-refractivity contribution in [3.8, 4) is 11.4 Å². The number of aromatic nitrogens is 2. The maximum Gasteiger partial charge on any atom is 0.162 e. The first kappa shape index (κ1) is 16.3. The lowest BCUT2D eigenvalue weighted by molar-refractivity contribution is 0.867. The molecule has 1 aromatic heterocycles. The van der Waals surface area contributed by atoms with Crippen molar-refractivity contribution in [1.29, 1.82) is 0 Å². The van der Waals surface area contributed by atoms with Crippen molar-refractivity contribution in [2.75, 3.05) is 5.32 Å². The fourth-order valence-electron chi connectivity index (χ4n) is 3.15. The van der Waals surface area contributed by atoms with Crippen LogP contribution in [-0.2, 0) is 0 Å². The van der Waals surface area contributed by atoms with Crippen molar-refractivity contribution in [2.45, 2.75) is 19.8 Å². The van der Waals surface area contributed by atoms with Crippen LogP contribution in [0.2, 0.25) is 0 Å². The second-order valence-corrected chi connectivity index (χ2v) is 6.65. The van der Waals surface area contributed by atoms with Crippen molar-refractivity contribution in [2.24, 2.45) is 0 Å². The Balaban J connectivity index is 1.90. The molecule has 1 heterocycles. The van der Waals surface area contributed by atoms with Gasteiger partial charge in [0.25, 0.3) is 0 Å². The minimum atomic E-state index is 0.409. The molecule has 0 spiro atoms. The fourth-order valence-corrected chi connectivity index (χ4v) is 3.15. The Morgan fingerprint density at radius 3 is 2.23 bits per heavy atom. The van der Waals surface area contributed by atoms with E-state index in [4.69, 9.17) is 9.97 Å². The van der Waals surface area contributed by atoms with Crippen LogP contribution in [0.4, 0.5) is 11.5 Å². The van der Waals surface area contributed by atoms with Crippen molar-refractivity contribution < 1.29 is 0 Å². The molecule has 0 aliphatic rings. The van der Waals surface area contributed by atoms with Gasteiger partial charge in [0.05, 0.1) is 5.52 Å². The Hall–Kier alpha value is -3.20. The average molecular weight is 339 g/mol. The molecule has 3 aromatic carbocycles. The second kappa shape index (κ2) is 6.96. The molecular formula is C23H21N3. The quantitative estimate of drug-likeness (QED) is 0.483. The molecule has 0 unspecified atom stereocenters. The summed E-state index contributed by atoms with van der Waals surface area (Å²) in [5.41, 5.74) is 4.30. The maximum atomic E-state index is 4.89. The summed E-state index contributed by atoms with van der Waals surface area (Å²) in [5, 5.41) is 4.47. The highest BCUT2D eigenvalue weighted by Crippen LogP contribution is 2.31. The number of nitrogens with one attached hydrogen (secondary N) is 1. The Bertz CT molecular complexity index is 1040. The van der Waals surface area contributed by atoms with Gasteiger partial charge in [0.15, 0.2) is 5.82 Å². The normalized spacial score (nSPS) is 11.0. The van der Waals surface area contributed by atoms with Gasteiger partial charge in [0.1, 0.15) is 5.82 Å². The number of hydrogen-bond donors (Lipinski definition) is 1. The predicted octanol–water partition coefficient (Wildman–Crippen LogP) is 6.16. The Kier molecular flexibility index (Phi) is 4.36. The Morgan fingerprint density at radius 2 is 1.42 bits per heavy atom. The van der Waals surface area contributed by atoms with Crippen molar-refractivity contribution >= 4 is 22.4 Å². The van der Waals surface area contributed by atoms with Gasteiger partial charge in [-0.1, -0.05) is 68.4 Å². The van der Waals surface area contributed by atoms with Crippen LogP contribution in [0, 0.1) is 0 Å². The third-order valence-corrected chi connectivity index (χ3v) is 4.46. The summed E-state index contributed by atoms with van der Waals surface area (Å²) in [6, 6.07) is 26.6. The summed E-state index contributed by atoms with van der Waals surface area (Å²) >= 11 is 0. The number of hydrogen-bond acceptors (Lipinski definition) is 3. The summed E-state index contributed by atoms with van der Waals surface area (Å²) in [4.78, 5) is 9.73. The molecular weight excluding hydrogens is 318 g/mol. The van der Waals surface area contributed by atoms with E-state index in [0.717, 1.165) is 33.8 Å². The summed E-state index contributed by atoms with van der Waals surface area (Å²) in [5.74, 6) is 1.99. The Morgan fingerprint density at radius 1 is 0.731 bits per heavy atom. The third-order valence-electron chi connectivity index (χ3n) is 4.46. The second-order valence-electron chi connectivity index (χ2n) is 6.65. The number of anilines is 2. The highest BCUT2D eigenvalue weighted by molar-refractivity contribution is 5.92. The topological polar surface area (TPSA) is 37.8 Å². The highest BCUT2D eigenvalue weighted by atomic mass is 15.0. The summed E-state index contributed by atoms with van der Waals surface area (Å²) < 4.78 is 0. The molecule has 4 rings (SSSR count). The first-order valence-electron chi connectivity index (χ1n) is 8.90. The van der Waals surface area contributed by atoms with Crippen LogP contribution in [-0.4, -0.2) is 9.97 Å². The van der Waals surface area contributed by atoms with Crippen LogP contribution in [0.5, 0.6) is 0 Å². The molecule has 128 valence electrons. The average Bonchev–Trinajstić information content (AvgIpc) is 2.68. The van der Waals surface area contributed by atoms with Gasteiger partial charge in [-0.15, -0.1) is 0 Å². The molecule has 0 aliphatic carbocycles. The standard InChI is InChI=1S/C23H21N3/c1-16(2)18-12-6-7-13-19(18)22-25-21-15-9-8-14-20(21)23(26-22)24-17-10-4-3-5-11-17/h3-16H,1-2H3,(H,24,25,26). The van der Waals surface area contributed by atoms with Crippen molar-refractivity contribution in [3.63, 3.8) is 0 Å². The van der Waals surface area contributed by atoms with E-state index in [1.165, 1.54) is 5.56 Å². The van der Waals surface area contributed by atoms with E-state index in [1.807, 2.05) is 54.6 Å². The largest absolute Gasteiger partial charge is 0.340 e. The number of benzene rings is 3. The molecule has 0 fully saturated rings. The lowest BCUT2D eigenvalue weighted by Gasteiger charge is -2.14. The molecule has 0 bridgehead atoms. The van der Waals surface area contributed by atoms with E-state index in [0.29, 0.717) is 5.92 Å². The molecule has 4 aromatic rings. The van der Waals surface area contributed by atoms with E-state index in [2.05, 4.69) is 43.4 Å². The number of fused-ring (bicyclic) bond motifs is 1. The van der Waals surface area contributed by atoms with Crippen LogP contribution >= 0.6 is 0 Å². The fraction of sp³-hybridized carbons (Fsp3) is 0.130. The predicted molar refractivity (Wildman–Crippen MR) is 109 cm³/mol. The van der Waals surface area contributed by atoms with Gasteiger partial charge in [-0.25, -0.2) is 9.97 Å². The van der Waals surface area contributed by atoms with E-state index in [-0.39, 0.29) is 0 Å². The molecule has 0 atom stereocenters. The lowest BCUT2D eigenvalue weighted by Crippen LogP contribution is -2.01. The third kappa shape index (κ3) is 3.16. The zero-order valence-corrected chi connectivity index (χ0v) is 15.0. The molecule has 0 amide bonds. The van der Waals surface area contributed by atoms with Crippen molar-refractivity contribution in [3.05, 3.63) is 84.4 Å². The molecule has 1 N–H and O–H groups in total. The van der Waals surface area contributed by atoms with Gasteiger partial charge in [-0.3, -0.25) is 0 Å². The first-order chi connectivity index (χ1) is 12.7. The van der Waals surface area contributed by atoms with E-state index >= 15 is 0 Å². The molecule has 0 aliphatic heterocycles. The van der Waals surface area contributed by atoms with E-state index in [1.54, 1.807) is 0 Å². The zero-order valence-electron chi connectivity index (χ0n) is 15.0. The van der Waals surface area contributed by atoms with E-state index in [9.17, 15) is 0 Å². The Labute approximate surface area is 153 Å². The number of nitrogens with zero attached hydrogens (tertiary/aromatic N) is 2. The van der Waals surface area contributed by atoms with Gasteiger partial charge < -0.3 is 5.32 Å². The minimum absolute atomic E-state index is 0.409. The number of para-hydroxylation sites is 2. The van der Waals surface area contributed by atoms with Gasteiger partial charge in [0.2, 0.25) is 0 Å². The first-order valence-corrected chi connectivity index (χ1v) is 8.90. The summed E-state index contributed by atoms with van der Waals surface area (Å²) in [6.45, 7) is 4.39. The maximum absolute atomic E-state index is 4.89. The van der Waals surface area contributed by atoms with Crippen LogP contribution < -0.4 is 5.32 Å². The molecule has 0 radical (unpaired) electrons. The SMILES string of the molecule is CC(C)c1ccccc1-c1nc(Nc2ccccc2)c2ccccc2n1. The minimum Gasteiger partial charge on any atom is -0.340 e. The van der Waals surface area contributed by atoms with Gasteiger partial charge in [-0.05, 0) is 35.7 Å². The van der Waals surface area contributed by atoms with E-state index < -0.39 is 0 Å². The van der Waals surface area contributed by atoms with Gasteiger partial charge in [-0.2, -0.15) is 0 Å². The van der Waals surface area contributed by atoms with Crippen LogP contribution in [0.3, 0.4) is 0 Å². The number of rotatable bonds is 4. The molecule has 3 nitrogen and oxygen atoms in total. The highest BCUT2D eigenvalue weighted by Gasteiger charge is 2.14. The smallest absolute Gasteiger partial charge is 0.162 e. The molecule has 26 heavy (non-hydrogen) atoms. The van der Waals surface area contributed by atoms with Crippen LogP contribution in [0.25, 0.3) is 22.3 Å². The monoisotopic (exact) mass is 339 g/mol. The van der Waals surface area contributed by atoms with Crippen molar-refractivity contribution in [1.82, 2.24) is 9.97 Å². The molecule has 0 saturated carbocycles. The van der Waals surface area contributed by atoms with Crippen LogP contribution in [0.1, 0.15) is 25.3 Å². The summed E-state index contributed by atoms with van der Waals surface area (Å²) in [7, 11) is 0. The van der Waals surface area contributed by atoms with Gasteiger partial charge in [0, 0.05) is 16.6 Å². The summed E-state index contributed by atoms with van der Waals surface area (Å²) in [6.07, 6.45) is 0.